The molecule has 2 aromatic carbocycles. The van der Waals surface area contributed by atoms with Gasteiger partial charge in [-0.05, 0) is 24.6 Å². The monoisotopic (exact) mass is 404 g/mol. The second kappa shape index (κ2) is 10.1. The first-order chi connectivity index (χ1) is 13.1. The van der Waals surface area contributed by atoms with Gasteiger partial charge in [-0.3, -0.25) is 9.69 Å². The van der Waals surface area contributed by atoms with Gasteiger partial charge in [0.2, 0.25) is 5.91 Å². The first-order valence-electron chi connectivity index (χ1n) is 9.18. The van der Waals surface area contributed by atoms with E-state index in [0.29, 0.717) is 10.8 Å². The van der Waals surface area contributed by atoms with Gasteiger partial charge in [0.15, 0.2) is 0 Å². The van der Waals surface area contributed by atoms with Crippen molar-refractivity contribution in [3.05, 3.63) is 65.2 Å². The number of carbonyl (C=O) groups is 1. The van der Waals surface area contributed by atoms with E-state index in [1.165, 1.54) is 17.3 Å². The molecule has 144 valence electrons. The maximum Gasteiger partial charge on any atom is 0.230 e. The van der Waals surface area contributed by atoms with Gasteiger partial charge in [-0.15, -0.1) is 11.8 Å². The molecule has 1 N–H and O–H groups in total. The minimum absolute atomic E-state index is 0.00940. The van der Waals surface area contributed by atoms with Gasteiger partial charge < -0.3 is 10.1 Å². The first-order valence-corrected chi connectivity index (χ1v) is 10.5. The Kier molecular flexibility index (Phi) is 7.59. The average molecular weight is 405 g/mol. The van der Waals surface area contributed by atoms with E-state index in [9.17, 15) is 4.79 Å². The fourth-order valence-corrected chi connectivity index (χ4v) is 4.45. The largest absolute Gasteiger partial charge is 0.379 e. The maximum absolute atomic E-state index is 12.5. The predicted molar refractivity (Wildman–Crippen MR) is 111 cm³/mol. The van der Waals surface area contributed by atoms with Crippen LogP contribution in [0, 0.1) is 0 Å². The highest BCUT2D eigenvalue weighted by Gasteiger charge is 2.28. The van der Waals surface area contributed by atoms with E-state index in [0.717, 1.165) is 31.2 Å². The molecule has 1 aliphatic heterocycles. The zero-order valence-electron chi connectivity index (χ0n) is 15.4. The summed E-state index contributed by atoms with van der Waals surface area (Å²) in [6, 6.07) is 18.1. The Morgan fingerprint density at radius 1 is 1.15 bits per heavy atom. The summed E-state index contributed by atoms with van der Waals surface area (Å²) in [5.41, 5.74) is 1.21. The van der Waals surface area contributed by atoms with Crippen LogP contribution < -0.4 is 5.32 Å². The Morgan fingerprint density at radius 2 is 1.81 bits per heavy atom. The highest BCUT2D eigenvalue weighted by Crippen LogP contribution is 2.27. The van der Waals surface area contributed by atoms with Crippen LogP contribution >= 0.6 is 23.4 Å². The summed E-state index contributed by atoms with van der Waals surface area (Å²) in [6.07, 6.45) is 0. The van der Waals surface area contributed by atoms with E-state index in [2.05, 4.69) is 29.3 Å². The van der Waals surface area contributed by atoms with Crippen molar-refractivity contribution in [2.45, 2.75) is 23.9 Å². The lowest BCUT2D eigenvalue weighted by Gasteiger charge is -2.38. The topological polar surface area (TPSA) is 41.6 Å². The Morgan fingerprint density at radius 3 is 2.52 bits per heavy atom. The molecule has 0 aliphatic carbocycles. The second-order valence-corrected chi connectivity index (χ2v) is 8.00. The van der Waals surface area contributed by atoms with Crippen LogP contribution in [0.4, 0.5) is 0 Å². The third kappa shape index (κ3) is 5.72. The Hall–Kier alpha value is -1.53. The molecule has 0 spiro atoms. The summed E-state index contributed by atoms with van der Waals surface area (Å²) >= 11 is 7.64. The van der Waals surface area contributed by atoms with Gasteiger partial charge in [0.25, 0.3) is 0 Å². The fraction of sp³-hybridized carbons (Fsp3) is 0.381. The lowest BCUT2D eigenvalue weighted by molar-refractivity contribution is -0.119. The zero-order valence-corrected chi connectivity index (χ0v) is 17.0. The van der Waals surface area contributed by atoms with Crippen molar-refractivity contribution in [2.75, 3.05) is 32.1 Å². The molecule has 6 heteroatoms. The molecule has 2 aromatic rings. The minimum Gasteiger partial charge on any atom is -0.379 e. The second-order valence-electron chi connectivity index (χ2n) is 6.58. The van der Waals surface area contributed by atoms with Crippen molar-refractivity contribution in [1.29, 1.82) is 0 Å². The molecule has 4 nitrogen and oxygen atoms in total. The average Bonchev–Trinajstić information content (AvgIpc) is 2.69. The Labute approximate surface area is 170 Å². The van der Waals surface area contributed by atoms with Gasteiger partial charge in [0.1, 0.15) is 0 Å². The summed E-state index contributed by atoms with van der Waals surface area (Å²) < 4.78 is 5.50. The van der Waals surface area contributed by atoms with Crippen molar-refractivity contribution < 1.29 is 9.53 Å². The number of nitrogens with zero attached hydrogens (tertiary/aromatic N) is 1. The number of amides is 1. The fourth-order valence-electron chi connectivity index (χ4n) is 3.40. The summed E-state index contributed by atoms with van der Waals surface area (Å²) in [7, 11) is 0. The zero-order chi connectivity index (χ0) is 19.1. The van der Waals surface area contributed by atoms with Gasteiger partial charge >= 0.3 is 0 Å². The smallest absolute Gasteiger partial charge is 0.230 e. The van der Waals surface area contributed by atoms with Gasteiger partial charge in [-0.25, -0.2) is 0 Å². The molecule has 1 fully saturated rings. The summed E-state index contributed by atoms with van der Waals surface area (Å²) in [6.45, 7) is 5.27. The number of benzene rings is 2. The van der Waals surface area contributed by atoms with E-state index in [1.807, 2.05) is 42.5 Å². The van der Waals surface area contributed by atoms with Crippen LogP contribution in [-0.2, 0) is 9.53 Å². The number of ether oxygens (including phenoxy) is 1. The van der Waals surface area contributed by atoms with Gasteiger partial charge in [0.05, 0.1) is 30.0 Å². The highest BCUT2D eigenvalue weighted by atomic mass is 35.5. The third-order valence-electron chi connectivity index (χ3n) is 4.64. The van der Waals surface area contributed by atoms with Crippen LogP contribution in [0.3, 0.4) is 0 Å². The Bertz CT molecular complexity index is 738. The lowest BCUT2D eigenvalue weighted by Crippen LogP contribution is -2.48. The molecular formula is C21H25ClN2O2S. The quantitative estimate of drug-likeness (QED) is 0.708. The third-order valence-corrected chi connectivity index (χ3v) is 6.15. The summed E-state index contributed by atoms with van der Waals surface area (Å²) in [5, 5.41) is 3.86. The number of morpholine rings is 1. The van der Waals surface area contributed by atoms with Gasteiger partial charge in [0, 0.05) is 24.0 Å². The van der Waals surface area contributed by atoms with Crippen LogP contribution in [0.25, 0.3) is 0 Å². The number of nitrogens with one attached hydrogen (secondary N) is 1. The molecule has 1 aliphatic rings. The molecular weight excluding hydrogens is 380 g/mol. The molecule has 1 saturated heterocycles. The van der Waals surface area contributed by atoms with E-state index in [-0.39, 0.29) is 18.0 Å². The van der Waals surface area contributed by atoms with E-state index in [1.54, 1.807) is 0 Å². The SMILES string of the molecule is C[C@@H](NC(=O)CSc1ccccc1Cl)[C@@H](c1ccccc1)N1CCOCC1. The molecule has 0 saturated carbocycles. The van der Waals surface area contributed by atoms with Gasteiger partial charge in [-0.2, -0.15) is 0 Å². The predicted octanol–water partition coefficient (Wildman–Crippen LogP) is 4.01. The first kappa shape index (κ1) is 20.2. The van der Waals surface area contributed by atoms with Crippen LogP contribution in [0.15, 0.2) is 59.5 Å². The molecule has 1 amide bonds. The molecule has 3 rings (SSSR count). The number of thioether (sulfide) groups is 1. The number of hydrogen-bond acceptors (Lipinski definition) is 4. The van der Waals surface area contributed by atoms with Crippen LogP contribution in [0.5, 0.6) is 0 Å². The van der Waals surface area contributed by atoms with Crippen molar-refractivity contribution in [3.8, 4) is 0 Å². The van der Waals surface area contributed by atoms with Crippen molar-refractivity contribution in [3.63, 3.8) is 0 Å². The van der Waals surface area contributed by atoms with Crippen LogP contribution in [-0.4, -0.2) is 48.9 Å². The normalized spacial score (nSPS) is 17.3. The van der Waals surface area contributed by atoms with E-state index in [4.69, 9.17) is 16.3 Å². The molecule has 0 unspecified atom stereocenters. The number of hydrogen-bond donors (Lipinski definition) is 1. The lowest BCUT2D eigenvalue weighted by atomic mass is 9.98. The number of halogens is 1. The van der Waals surface area contributed by atoms with Crippen LogP contribution in [0.1, 0.15) is 18.5 Å². The Balaban J connectivity index is 1.64. The minimum atomic E-state index is -0.00940. The van der Waals surface area contributed by atoms with Crippen molar-refractivity contribution >= 4 is 29.3 Å². The maximum atomic E-state index is 12.5. The summed E-state index contributed by atoms with van der Waals surface area (Å²) in [4.78, 5) is 15.9. The number of rotatable bonds is 7. The standard InChI is InChI=1S/C21H25ClN2O2S/c1-16(23-20(25)15-27-19-10-6-5-9-18(19)22)21(17-7-3-2-4-8-17)24-11-13-26-14-12-24/h2-10,16,21H,11-15H2,1H3,(H,23,25)/t16-,21+/m1/s1. The molecule has 0 aromatic heterocycles. The van der Waals surface area contributed by atoms with E-state index >= 15 is 0 Å². The van der Waals surface area contributed by atoms with Gasteiger partial charge in [-0.1, -0.05) is 54.1 Å². The molecule has 0 radical (unpaired) electrons. The molecule has 1 heterocycles. The number of carbonyl (C=O) groups excluding carboxylic acids is 1. The molecule has 2 atom stereocenters. The van der Waals surface area contributed by atoms with Crippen molar-refractivity contribution in [2.24, 2.45) is 0 Å². The van der Waals surface area contributed by atoms with Crippen molar-refractivity contribution in [1.82, 2.24) is 10.2 Å². The van der Waals surface area contributed by atoms with E-state index < -0.39 is 0 Å². The summed E-state index contributed by atoms with van der Waals surface area (Å²) in [5.74, 6) is 0.361. The molecule has 27 heavy (non-hydrogen) atoms. The highest BCUT2D eigenvalue weighted by molar-refractivity contribution is 8.00. The van der Waals surface area contributed by atoms with Crippen LogP contribution in [0.2, 0.25) is 5.02 Å². The molecule has 0 bridgehead atoms.